The van der Waals surface area contributed by atoms with Gasteiger partial charge in [-0.15, -0.1) is 0 Å². The summed E-state index contributed by atoms with van der Waals surface area (Å²) >= 11 is 1.36. The molecule has 0 fully saturated rings. The molecular formula is C29H36O2S. The monoisotopic (exact) mass is 448 g/mol. The number of para-hydroxylation sites is 1. The van der Waals surface area contributed by atoms with Gasteiger partial charge in [0.1, 0.15) is 5.75 Å². The molecular weight excluding hydrogens is 412 g/mol. The lowest BCUT2D eigenvalue weighted by molar-refractivity contribution is -0.123. The molecule has 0 bridgehead atoms. The maximum atomic E-state index is 12.8. The van der Waals surface area contributed by atoms with Gasteiger partial charge in [-0.05, 0) is 23.5 Å². The SMILES string of the molecule is C=C/C(=C\C=C/C)c1cccc(-c2ccccc2)c1OCCSC(=O)C(C)(C)C(C)(C)C. The van der Waals surface area contributed by atoms with Crippen LogP contribution in [-0.2, 0) is 4.79 Å². The van der Waals surface area contributed by atoms with Gasteiger partial charge in [0.2, 0.25) is 0 Å². The van der Waals surface area contributed by atoms with Gasteiger partial charge in [0, 0.05) is 22.3 Å². The van der Waals surface area contributed by atoms with Crippen molar-refractivity contribution in [1.29, 1.82) is 0 Å². The average Bonchev–Trinajstić information content (AvgIpc) is 2.77. The van der Waals surface area contributed by atoms with Gasteiger partial charge in [-0.1, -0.05) is 126 Å². The van der Waals surface area contributed by atoms with Crippen LogP contribution in [0.4, 0.5) is 0 Å². The Bertz CT molecular complexity index is 976. The van der Waals surface area contributed by atoms with Gasteiger partial charge < -0.3 is 4.74 Å². The third kappa shape index (κ3) is 6.26. The van der Waals surface area contributed by atoms with E-state index in [0.717, 1.165) is 28.0 Å². The molecule has 2 aromatic carbocycles. The Morgan fingerprint density at radius 1 is 1.03 bits per heavy atom. The maximum Gasteiger partial charge on any atom is 0.195 e. The zero-order valence-electron chi connectivity index (χ0n) is 20.3. The third-order valence-corrected chi connectivity index (χ3v) is 7.19. The molecule has 0 aromatic heterocycles. The first-order chi connectivity index (χ1) is 15.1. The van der Waals surface area contributed by atoms with Crippen molar-refractivity contribution in [3.8, 4) is 16.9 Å². The number of carbonyl (C=O) groups is 1. The highest BCUT2D eigenvalue weighted by Gasteiger charge is 2.39. The van der Waals surface area contributed by atoms with Crippen LogP contribution in [0.1, 0.15) is 47.1 Å². The molecule has 0 heterocycles. The quantitative estimate of drug-likeness (QED) is 0.285. The van der Waals surface area contributed by atoms with E-state index in [9.17, 15) is 4.79 Å². The highest BCUT2D eigenvalue weighted by molar-refractivity contribution is 8.13. The second-order valence-electron chi connectivity index (χ2n) is 9.26. The van der Waals surface area contributed by atoms with E-state index in [0.29, 0.717) is 12.4 Å². The highest BCUT2D eigenvalue weighted by atomic mass is 32.2. The predicted octanol–water partition coefficient (Wildman–Crippen LogP) is 8.21. The highest BCUT2D eigenvalue weighted by Crippen LogP contribution is 2.42. The lowest BCUT2D eigenvalue weighted by atomic mass is 9.70. The minimum atomic E-state index is -0.407. The third-order valence-electron chi connectivity index (χ3n) is 6.05. The normalized spacial score (nSPS) is 12.8. The molecule has 0 saturated carbocycles. The summed E-state index contributed by atoms with van der Waals surface area (Å²) in [6, 6.07) is 16.4. The molecule has 0 radical (unpaired) electrons. The first kappa shape index (κ1) is 25.7. The molecule has 0 saturated heterocycles. The second kappa shape index (κ2) is 11.4. The average molecular weight is 449 g/mol. The van der Waals surface area contributed by atoms with Crippen LogP contribution in [0, 0.1) is 10.8 Å². The van der Waals surface area contributed by atoms with E-state index in [-0.39, 0.29) is 10.5 Å². The molecule has 0 aliphatic rings. The zero-order valence-corrected chi connectivity index (χ0v) is 21.1. The Hall–Kier alpha value is -2.52. The Labute approximate surface area is 198 Å². The van der Waals surface area contributed by atoms with Gasteiger partial charge in [-0.25, -0.2) is 0 Å². The van der Waals surface area contributed by atoms with Crippen molar-refractivity contribution in [2.75, 3.05) is 12.4 Å². The van der Waals surface area contributed by atoms with Gasteiger partial charge in [0.25, 0.3) is 0 Å². The Balaban J connectivity index is 2.30. The van der Waals surface area contributed by atoms with Crippen LogP contribution in [0.25, 0.3) is 16.7 Å². The number of rotatable bonds is 9. The van der Waals surface area contributed by atoms with E-state index >= 15 is 0 Å². The summed E-state index contributed by atoms with van der Waals surface area (Å²) < 4.78 is 6.35. The topological polar surface area (TPSA) is 26.3 Å². The van der Waals surface area contributed by atoms with E-state index in [2.05, 4.69) is 51.6 Å². The minimum absolute atomic E-state index is 0.0958. The van der Waals surface area contributed by atoms with Crippen molar-refractivity contribution in [1.82, 2.24) is 0 Å². The Kier molecular flexibility index (Phi) is 9.15. The largest absolute Gasteiger partial charge is 0.491 e. The number of carbonyl (C=O) groups excluding carboxylic acids is 1. The van der Waals surface area contributed by atoms with Crippen molar-refractivity contribution < 1.29 is 9.53 Å². The van der Waals surface area contributed by atoms with Crippen LogP contribution >= 0.6 is 11.8 Å². The smallest absolute Gasteiger partial charge is 0.195 e. The lowest BCUT2D eigenvalue weighted by Crippen LogP contribution is -2.36. The summed E-state index contributed by atoms with van der Waals surface area (Å²) in [5.41, 5.74) is 3.61. The van der Waals surface area contributed by atoms with Crippen LogP contribution < -0.4 is 4.74 Å². The molecule has 0 N–H and O–H groups in total. The number of ether oxygens (including phenoxy) is 1. The summed E-state index contributed by atoms with van der Waals surface area (Å²) in [7, 11) is 0. The molecule has 2 rings (SSSR count). The van der Waals surface area contributed by atoms with Crippen molar-refractivity contribution in [3.63, 3.8) is 0 Å². The fourth-order valence-electron chi connectivity index (χ4n) is 3.00. The van der Waals surface area contributed by atoms with Gasteiger partial charge in [0.15, 0.2) is 5.12 Å². The van der Waals surface area contributed by atoms with Gasteiger partial charge in [0.05, 0.1) is 6.61 Å². The molecule has 3 heteroatoms. The van der Waals surface area contributed by atoms with Crippen LogP contribution in [0.5, 0.6) is 5.75 Å². The van der Waals surface area contributed by atoms with E-state index in [4.69, 9.17) is 4.74 Å². The van der Waals surface area contributed by atoms with E-state index in [1.165, 1.54) is 11.8 Å². The first-order valence-corrected chi connectivity index (χ1v) is 12.1. The lowest BCUT2D eigenvalue weighted by Gasteiger charge is -2.36. The second-order valence-corrected chi connectivity index (χ2v) is 10.3. The molecule has 0 aliphatic carbocycles. The molecule has 0 atom stereocenters. The maximum absolute atomic E-state index is 12.8. The molecule has 2 nitrogen and oxygen atoms in total. The zero-order chi connectivity index (χ0) is 23.8. The fourth-order valence-corrected chi connectivity index (χ4v) is 4.02. The minimum Gasteiger partial charge on any atom is -0.491 e. The van der Waals surface area contributed by atoms with Gasteiger partial charge in [-0.3, -0.25) is 4.79 Å². The first-order valence-electron chi connectivity index (χ1n) is 11.1. The van der Waals surface area contributed by atoms with Crippen LogP contribution in [0.3, 0.4) is 0 Å². The van der Waals surface area contributed by atoms with E-state index in [1.807, 2.05) is 69.3 Å². The van der Waals surface area contributed by atoms with Crippen molar-refractivity contribution in [2.24, 2.45) is 10.8 Å². The summed E-state index contributed by atoms with van der Waals surface area (Å²) in [4.78, 5) is 12.8. The number of allylic oxidation sites excluding steroid dienone is 5. The molecule has 0 spiro atoms. The fraction of sp³-hybridized carbons (Fsp3) is 0.345. The predicted molar refractivity (Wildman–Crippen MR) is 141 cm³/mol. The summed E-state index contributed by atoms with van der Waals surface area (Å²) in [5, 5.41) is 0.199. The number of thioether (sulfide) groups is 1. The molecule has 0 aliphatic heterocycles. The van der Waals surface area contributed by atoms with Gasteiger partial charge >= 0.3 is 0 Å². The number of hydrogen-bond donors (Lipinski definition) is 0. The molecule has 2 aromatic rings. The van der Waals surface area contributed by atoms with E-state index in [1.54, 1.807) is 0 Å². The molecule has 0 unspecified atom stereocenters. The van der Waals surface area contributed by atoms with Crippen molar-refractivity contribution in [3.05, 3.63) is 85.0 Å². The van der Waals surface area contributed by atoms with Crippen LogP contribution in [0.2, 0.25) is 0 Å². The molecule has 32 heavy (non-hydrogen) atoms. The molecule has 0 amide bonds. The van der Waals surface area contributed by atoms with Gasteiger partial charge in [-0.2, -0.15) is 0 Å². The van der Waals surface area contributed by atoms with Crippen LogP contribution in [0.15, 0.2) is 79.4 Å². The number of benzene rings is 2. The van der Waals surface area contributed by atoms with E-state index < -0.39 is 5.41 Å². The summed E-state index contributed by atoms with van der Waals surface area (Å²) in [5.74, 6) is 1.42. The Morgan fingerprint density at radius 2 is 1.72 bits per heavy atom. The summed E-state index contributed by atoms with van der Waals surface area (Å²) in [6.07, 6.45) is 7.87. The van der Waals surface area contributed by atoms with Crippen LogP contribution in [-0.4, -0.2) is 17.5 Å². The Morgan fingerprint density at radius 3 is 2.31 bits per heavy atom. The van der Waals surface area contributed by atoms with Crippen molar-refractivity contribution >= 4 is 22.5 Å². The summed E-state index contributed by atoms with van der Waals surface area (Å²) in [6.45, 7) is 16.8. The standard InChI is InChI=1S/C29H36O2S/c1-8-10-15-22(9-2)24-18-14-19-25(23-16-12-11-13-17-23)26(24)31-20-21-32-27(30)29(6,7)28(3,4)5/h8-19H,2,20-21H2,1,3-7H3/b10-8-,22-15+. The van der Waals surface area contributed by atoms with Crippen molar-refractivity contribution in [2.45, 2.75) is 41.5 Å². The molecule has 170 valence electrons. The number of hydrogen-bond acceptors (Lipinski definition) is 3.